The van der Waals surface area contributed by atoms with Gasteiger partial charge in [-0.1, -0.05) is 11.6 Å². The van der Waals surface area contributed by atoms with Crippen molar-refractivity contribution in [3.05, 3.63) is 23.2 Å². The van der Waals surface area contributed by atoms with E-state index < -0.39 is 18.6 Å². The Balaban J connectivity index is 2.81. The summed E-state index contributed by atoms with van der Waals surface area (Å²) < 4.78 is 33.0. The van der Waals surface area contributed by atoms with Gasteiger partial charge in [-0.25, -0.2) is 4.79 Å². The summed E-state index contributed by atoms with van der Waals surface area (Å²) in [4.78, 5) is 11.2. The van der Waals surface area contributed by atoms with Crippen LogP contribution in [0.2, 0.25) is 5.02 Å². The molecule has 1 rings (SSSR count). The zero-order chi connectivity index (χ0) is 13.7. The van der Waals surface area contributed by atoms with Crippen LogP contribution in [0.15, 0.2) is 18.2 Å². The van der Waals surface area contributed by atoms with Crippen molar-refractivity contribution in [2.45, 2.75) is 19.6 Å². The number of hydrogen-bond acceptors (Lipinski definition) is 4. The van der Waals surface area contributed by atoms with Gasteiger partial charge in [0.25, 0.3) is 0 Å². The molecule has 1 atom stereocenters. The molecule has 18 heavy (non-hydrogen) atoms. The van der Waals surface area contributed by atoms with Gasteiger partial charge >= 0.3 is 12.6 Å². The van der Waals surface area contributed by atoms with Gasteiger partial charge in [0.05, 0.1) is 12.1 Å². The molecule has 1 N–H and O–H groups in total. The molecule has 0 aliphatic rings. The summed E-state index contributed by atoms with van der Waals surface area (Å²) in [5.41, 5.74) is 0.424. The maximum atomic E-state index is 12.1. The summed E-state index contributed by atoms with van der Waals surface area (Å²) in [6.07, 6.45) is 0. The lowest BCUT2D eigenvalue weighted by molar-refractivity contribution is -0.141. The zero-order valence-corrected chi connectivity index (χ0v) is 10.5. The fraction of sp³-hybridized carbons (Fsp3) is 0.364. The summed E-state index contributed by atoms with van der Waals surface area (Å²) in [6, 6.07) is 3.61. The SMILES string of the molecule is COC(=O)C(C)Nc1ccc(Cl)c(OC(F)F)c1. The molecule has 0 radical (unpaired) electrons. The molecule has 0 fully saturated rings. The molecule has 0 saturated heterocycles. The second kappa shape index (κ2) is 6.39. The van der Waals surface area contributed by atoms with E-state index in [1.165, 1.54) is 19.2 Å². The molecule has 0 bridgehead atoms. The largest absolute Gasteiger partial charge is 0.467 e. The number of carbonyl (C=O) groups excluding carboxylic acids is 1. The predicted molar refractivity (Wildman–Crippen MR) is 63.2 cm³/mol. The third-order valence-electron chi connectivity index (χ3n) is 2.09. The molecule has 1 unspecified atom stereocenters. The molecule has 0 aliphatic heterocycles. The van der Waals surface area contributed by atoms with Gasteiger partial charge in [-0.05, 0) is 19.1 Å². The molecule has 4 nitrogen and oxygen atoms in total. The molecule has 1 aromatic carbocycles. The summed E-state index contributed by atoms with van der Waals surface area (Å²) in [7, 11) is 1.26. The van der Waals surface area contributed by atoms with E-state index in [0.29, 0.717) is 5.69 Å². The number of hydrogen-bond donors (Lipinski definition) is 1. The predicted octanol–water partition coefficient (Wildman–Crippen LogP) is 2.91. The van der Waals surface area contributed by atoms with Crippen LogP contribution in [-0.2, 0) is 9.53 Å². The zero-order valence-electron chi connectivity index (χ0n) is 9.75. The van der Waals surface area contributed by atoms with E-state index in [1.807, 2.05) is 0 Å². The third-order valence-corrected chi connectivity index (χ3v) is 2.40. The van der Waals surface area contributed by atoms with Crippen LogP contribution in [0.1, 0.15) is 6.92 Å². The minimum Gasteiger partial charge on any atom is -0.467 e. The molecule has 1 aromatic rings. The maximum Gasteiger partial charge on any atom is 0.387 e. The number of methoxy groups -OCH3 is 1. The van der Waals surface area contributed by atoms with Crippen molar-refractivity contribution in [3.63, 3.8) is 0 Å². The van der Waals surface area contributed by atoms with Gasteiger partial charge in [-0.2, -0.15) is 8.78 Å². The lowest BCUT2D eigenvalue weighted by atomic mass is 10.2. The van der Waals surface area contributed by atoms with E-state index in [-0.39, 0.29) is 10.8 Å². The van der Waals surface area contributed by atoms with E-state index in [4.69, 9.17) is 11.6 Å². The lowest BCUT2D eigenvalue weighted by Gasteiger charge is -2.14. The van der Waals surface area contributed by atoms with Crippen molar-refractivity contribution in [2.24, 2.45) is 0 Å². The molecule has 0 amide bonds. The molecule has 0 heterocycles. The fourth-order valence-corrected chi connectivity index (χ4v) is 1.43. The van der Waals surface area contributed by atoms with Crippen molar-refractivity contribution in [3.8, 4) is 5.75 Å². The minimum absolute atomic E-state index is 0.0616. The monoisotopic (exact) mass is 279 g/mol. The summed E-state index contributed by atoms with van der Waals surface area (Å²) in [6.45, 7) is -1.38. The number of ether oxygens (including phenoxy) is 2. The Hall–Kier alpha value is -1.56. The van der Waals surface area contributed by atoms with Gasteiger partial charge in [0.1, 0.15) is 11.8 Å². The summed E-state index contributed by atoms with van der Waals surface area (Å²) >= 11 is 5.69. The van der Waals surface area contributed by atoms with E-state index in [2.05, 4.69) is 14.8 Å². The molecule has 100 valence electrons. The summed E-state index contributed by atoms with van der Waals surface area (Å²) in [5, 5.41) is 2.84. The molecule has 0 spiro atoms. The van der Waals surface area contributed by atoms with Crippen LogP contribution in [0.4, 0.5) is 14.5 Å². The average Bonchev–Trinajstić information content (AvgIpc) is 2.31. The van der Waals surface area contributed by atoms with Gasteiger partial charge in [0, 0.05) is 11.8 Å². The Morgan fingerprint density at radius 2 is 2.11 bits per heavy atom. The van der Waals surface area contributed by atoms with E-state index in [0.717, 1.165) is 0 Å². The Kier molecular flexibility index (Phi) is 5.15. The van der Waals surface area contributed by atoms with Gasteiger partial charge in [0.2, 0.25) is 0 Å². The Labute approximate surface area is 108 Å². The number of esters is 1. The topological polar surface area (TPSA) is 47.6 Å². The second-order valence-electron chi connectivity index (χ2n) is 3.41. The Bertz CT molecular complexity index is 429. The van der Waals surface area contributed by atoms with Crippen molar-refractivity contribution < 1.29 is 23.0 Å². The minimum atomic E-state index is -2.96. The Morgan fingerprint density at radius 3 is 2.67 bits per heavy atom. The molecule has 0 aliphatic carbocycles. The normalized spacial score (nSPS) is 12.1. The first-order chi connectivity index (χ1) is 8.43. The maximum absolute atomic E-state index is 12.1. The van der Waals surface area contributed by atoms with Crippen LogP contribution in [0, 0.1) is 0 Å². The van der Waals surface area contributed by atoms with Crippen LogP contribution in [0.3, 0.4) is 0 Å². The van der Waals surface area contributed by atoms with Crippen LogP contribution < -0.4 is 10.1 Å². The first-order valence-electron chi connectivity index (χ1n) is 5.02. The lowest BCUT2D eigenvalue weighted by Crippen LogP contribution is -2.27. The fourth-order valence-electron chi connectivity index (χ4n) is 1.27. The van der Waals surface area contributed by atoms with Gasteiger partial charge in [0.15, 0.2) is 0 Å². The van der Waals surface area contributed by atoms with Gasteiger partial charge < -0.3 is 14.8 Å². The number of alkyl halides is 2. The highest BCUT2D eigenvalue weighted by Crippen LogP contribution is 2.29. The van der Waals surface area contributed by atoms with Crippen LogP contribution in [0.5, 0.6) is 5.75 Å². The average molecular weight is 280 g/mol. The first-order valence-corrected chi connectivity index (χ1v) is 5.40. The highest BCUT2D eigenvalue weighted by Gasteiger charge is 2.14. The van der Waals surface area contributed by atoms with Crippen molar-refractivity contribution in [1.29, 1.82) is 0 Å². The van der Waals surface area contributed by atoms with E-state index in [1.54, 1.807) is 13.0 Å². The highest BCUT2D eigenvalue weighted by atomic mass is 35.5. The number of halogens is 3. The van der Waals surface area contributed by atoms with Crippen LogP contribution in [-0.4, -0.2) is 25.7 Å². The molecule has 7 heteroatoms. The third kappa shape index (κ3) is 4.03. The summed E-state index contributed by atoms with van der Waals surface area (Å²) in [5.74, 6) is -0.630. The van der Waals surface area contributed by atoms with E-state index >= 15 is 0 Å². The smallest absolute Gasteiger partial charge is 0.387 e. The number of rotatable bonds is 5. The number of nitrogens with one attached hydrogen (secondary N) is 1. The molecule has 0 saturated carbocycles. The molecule has 0 aromatic heterocycles. The van der Waals surface area contributed by atoms with Gasteiger partial charge in [-0.3, -0.25) is 0 Å². The molecular formula is C11H12ClF2NO3. The second-order valence-corrected chi connectivity index (χ2v) is 3.82. The van der Waals surface area contributed by atoms with E-state index in [9.17, 15) is 13.6 Å². The highest BCUT2D eigenvalue weighted by molar-refractivity contribution is 6.32. The number of benzene rings is 1. The number of carbonyl (C=O) groups is 1. The van der Waals surface area contributed by atoms with Gasteiger partial charge in [-0.15, -0.1) is 0 Å². The quantitative estimate of drug-likeness (QED) is 0.842. The van der Waals surface area contributed by atoms with Crippen molar-refractivity contribution >= 4 is 23.3 Å². The van der Waals surface area contributed by atoms with Crippen molar-refractivity contribution in [2.75, 3.05) is 12.4 Å². The molecular weight excluding hydrogens is 268 g/mol. The number of anilines is 1. The Morgan fingerprint density at radius 1 is 1.44 bits per heavy atom. The standard InChI is InChI=1S/C11H12ClF2NO3/c1-6(10(16)17-2)15-7-3-4-8(12)9(5-7)18-11(13)14/h3-6,11,15H,1-2H3. The van der Waals surface area contributed by atoms with Crippen LogP contribution in [0.25, 0.3) is 0 Å². The first kappa shape index (κ1) is 14.5. The van der Waals surface area contributed by atoms with Crippen LogP contribution >= 0.6 is 11.6 Å². The van der Waals surface area contributed by atoms with Crippen molar-refractivity contribution in [1.82, 2.24) is 0 Å².